The van der Waals surface area contributed by atoms with E-state index in [0.717, 1.165) is 63.0 Å². The summed E-state index contributed by atoms with van der Waals surface area (Å²) in [5, 5.41) is 3.03. The lowest BCUT2D eigenvalue weighted by atomic mass is 9.58. The van der Waals surface area contributed by atoms with Crippen molar-refractivity contribution in [3.63, 3.8) is 0 Å². The Hall–Kier alpha value is -3.57. The van der Waals surface area contributed by atoms with Gasteiger partial charge in [0.1, 0.15) is 5.75 Å². The first-order valence-electron chi connectivity index (χ1n) is 12.7. The summed E-state index contributed by atoms with van der Waals surface area (Å²) in [4.78, 5) is 26.6. The molecule has 5 nitrogen and oxygen atoms in total. The van der Waals surface area contributed by atoms with E-state index in [1.54, 1.807) is 6.07 Å². The van der Waals surface area contributed by atoms with Crippen molar-refractivity contribution in [2.75, 3.05) is 19.6 Å². The van der Waals surface area contributed by atoms with Gasteiger partial charge >= 0.3 is 12.1 Å². The molecule has 2 aromatic rings. The molecule has 0 spiro atoms. The number of amides is 1. The number of ether oxygens (including phenoxy) is 1. The van der Waals surface area contributed by atoms with Gasteiger partial charge in [-0.25, -0.2) is 0 Å². The number of esters is 1. The number of nitrogens with zero attached hydrogens (tertiary/aromatic N) is 1. The van der Waals surface area contributed by atoms with Crippen LogP contribution in [0.4, 0.5) is 13.2 Å². The third-order valence-electron chi connectivity index (χ3n) is 7.53. The maximum atomic E-state index is 12.8. The zero-order valence-corrected chi connectivity index (χ0v) is 21.3. The van der Waals surface area contributed by atoms with E-state index in [1.807, 2.05) is 18.2 Å². The minimum atomic E-state index is -4.42. The molecule has 2 aromatic carbocycles. The molecule has 0 bridgehead atoms. The van der Waals surface area contributed by atoms with E-state index >= 15 is 0 Å². The van der Waals surface area contributed by atoms with E-state index in [0.29, 0.717) is 17.2 Å². The predicted octanol–water partition coefficient (Wildman–Crippen LogP) is 5.10. The Bertz CT molecular complexity index is 1250. The van der Waals surface area contributed by atoms with Crippen molar-refractivity contribution in [2.45, 2.75) is 50.2 Å². The monoisotopic (exact) mass is 524 g/mol. The summed E-state index contributed by atoms with van der Waals surface area (Å²) in [6.45, 7) is 7.86. The van der Waals surface area contributed by atoms with Crippen LogP contribution in [0.1, 0.15) is 49.3 Å². The molecule has 2 aliphatic rings. The smallest absolute Gasteiger partial charge is 0.416 e. The summed E-state index contributed by atoms with van der Waals surface area (Å²) in [7, 11) is 0. The average Bonchev–Trinajstić information content (AvgIpc) is 2.87. The predicted molar refractivity (Wildman–Crippen MR) is 138 cm³/mol. The highest BCUT2D eigenvalue weighted by atomic mass is 19.4. The Morgan fingerprint density at radius 2 is 1.97 bits per heavy atom. The summed E-state index contributed by atoms with van der Waals surface area (Å²) in [6.07, 6.45) is 0.803. The van der Waals surface area contributed by atoms with E-state index < -0.39 is 17.6 Å². The number of carbonyl (C=O) groups is 2. The highest BCUT2D eigenvalue weighted by Gasteiger charge is 2.48. The molecule has 200 valence electrons. The fourth-order valence-electron chi connectivity index (χ4n) is 5.82. The molecule has 0 unspecified atom stereocenters. The number of carbonyl (C=O) groups excluding carboxylic acids is 2. The lowest BCUT2D eigenvalue weighted by Crippen LogP contribution is -2.56. The molecule has 1 N–H and O–H groups in total. The van der Waals surface area contributed by atoms with E-state index in [1.165, 1.54) is 19.1 Å². The second kappa shape index (κ2) is 11.4. The van der Waals surface area contributed by atoms with Crippen molar-refractivity contribution >= 4 is 11.9 Å². The number of rotatable bonds is 5. The topological polar surface area (TPSA) is 58.6 Å². The van der Waals surface area contributed by atoms with Crippen LogP contribution in [0.15, 0.2) is 61.2 Å². The van der Waals surface area contributed by atoms with Gasteiger partial charge in [0.25, 0.3) is 5.91 Å². The maximum Gasteiger partial charge on any atom is 0.416 e. The first-order chi connectivity index (χ1) is 18.1. The van der Waals surface area contributed by atoms with Crippen LogP contribution in [0, 0.1) is 17.8 Å². The Morgan fingerprint density at radius 3 is 2.66 bits per heavy atom. The first kappa shape index (κ1) is 27.5. The lowest BCUT2D eigenvalue weighted by molar-refractivity contribution is -0.137. The highest BCUT2D eigenvalue weighted by molar-refractivity contribution is 5.94. The van der Waals surface area contributed by atoms with Crippen LogP contribution in [0.25, 0.3) is 0 Å². The van der Waals surface area contributed by atoms with Crippen LogP contribution in [0.5, 0.6) is 5.75 Å². The number of piperidine rings is 1. The van der Waals surface area contributed by atoms with Crippen molar-refractivity contribution in [3.8, 4) is 17.6 Å². The molecule has 1 aliphatic heterocycles. The molecule has 2 fully saturated rings. The zero-order chi connectivity index (χ0) is 27.3. The van der Waals surface area contributed by atoms with Gasteiger partial charge in [-0.15, -0.1) is 6.58 Å². The fraction of sp³-hybridized carbons (Fsp3) is 0.400. The van der Waals surface area contributed by atoms with Crippen LogP contribution >= 0.6 is 0 Å². The fourth-order valence-corrected chi connectivity index (χ4v) is 5.82. The molecule has 1 amide bonds. The van der Waals surface area contributed by atoms with Crippen LogP contribution in [0.2, 0.25) is 0 Å². The molecule has 1 saturated heterocycles. The van der Waals surface area contributed by atoms with E-state index in [-0.39, 0.29) is 17.4 Å². The minimum absolute atomic E-state index is 0.107. The number of fused-ring (bicyclic) bond motifs is 1. The second-order valence-electron chi connectivity index (χ2n) is 10.0. The Labute approximate surface area is 221 Å². The molecular weight excluding hydrogens is 493 g/mol. The van der Waals surface area contributed by atoms with Crippen LogP contribution in [0.3, 0.4) is 0 Å². The summed E-state index contributed by atoms with van der Waals surface area (Å²) >= 11 is 0. The molecule has 1 heterocycles. The molecule has 8 heteroatoms. The van der Waals surface area contributed by atoms with Gasteiger partial charge in [-0.3, -0.25) is 14.5 Å². The SMILES string of the molecule is C=CCN1CC[C@@]2(c3cccc(OC(C)=O)c3)C[C@@H](NC(=O)C#Cc3ccc(C(F)(F)F)cc3)CC[C@@H]2C1. The summed E-state index contributed by atoms with van der Waals surface area (Å²) in [5.41, 5.74) is 0.469. The molecule has 0 radical (unpaired) electrons. The van der Waals surface area contributed by atoms with E-state index in [9.17, 15) is 22.8 Å². The number of alkyl halides is 3. The number of nitrogens with one attached hydrogen (secondary N) is 1. The molecular formula is C30H31F3N2O3. The van der Waals surface area contributed by atoms with E-state index in [4.69, 9.17) is 4.74 Å². The summed E-state index contributed by atoms with van der Waals surface area (Å²) in [6, 6.07) is 12.0. The van der Waals surface area contributed by atoms with Gasteiger partial charge in [0.2, 0.25) is 0 Å². The van der Waals surface area contributed by atoms with Gasteiger partial charge in [-0.1, -0.05) is 24.1 Å². The largest absolute Gasteiger partial charge is 0.427 e. The highest BCUT2D eigenvalue weighted by Crippen LogP contribution is 2.49. The molecule has 1 aliphatic carbocycles. The molecule has 4 rings (SSSR count). The quantitative estimate of drug-likeness (QED) is 0.256. The summed E-state index contributed by atoms with van der Waals surface area (Å²) < 4.78 is 43.7. The summed E-state index contributed by atoms with van der Waals surface area (Å²) in [5.74, 6) is 5.21. The van der Waals surface area contributed by atoms with Crippen molar-refractivity contribution in [1.29, 1.82) is 0 Å². The molecule has 38 heavy (non-hydrogen) atoms. The number of likely N-dealkylation sites (tertiary alicyclic amines) is 1. The van der Waals surface area contributed by atoms with Crippen LogP contribution < -0.4 is 10.1 Å². The zero-order valence-electron chi connectivity index (χ0n) is 21.3. The number of benzene rings is 2. The number of hydrogen-bond donors (Lipinski definition) is 1. The van der Waals surface area contributed by atoms with Crippen LogP contribution in [-0.2, 0) is 21.2 Å². The first-order valence-corrected chi connectivity index (χ1v) is 12.7. The standard InChI is InChI=1S/C30H31F3N2O3/c1-3-16-35-17-15-29(24-5-4-6-27(18-24)38-21(2)36)19-26(13-12-25(29)20-35)34-28(37)14-9-22-7-10-23(11-8-22)30(31,32)33/h3-8,10-11,18,25-26H,1,12-13,15-17,19-20H2,2H3,(H,34,37)/t25-,26+,29+/m1/s1. The Morgan fingerprint density at radius 1 is 1.21 bits per heavy atom. The Balaban J connectivity index is 1.51. The average molecular weight is 525 g/mol. The third-order valence-corrected chi connectivity index (χ3v) is 7.53. The van der Waals surface area contributed by atoms with Gasteiger partial charge in [0, 0.05) is 43.0 Å². The lowest BCUT2D eigenvalue weighted by Gasteiger charge is -2.53. The van der Waals surface area contributed by atoms with Crippen molar-refractivity contribution in [1.82, 2.24) is 10.2 Å². The van der Waals surface area contributed by atoms with Crippen molar-refractivity contribution < 1.29 is 27.5 Å². The van der Waals surface area contributed by atoms with Gasteiger partial charge in [-0.05, 0) is 80.1 Å². The number of halogens is 3. The molecule has 3 atom stereocenters. The minimum Gasteiger partial charge on any atom is -0.427 e. The van der Waals surface area contributed by atoms with Crippen molar-refractivity contribution in [2.24, 2.45) is 5.92 Å². The van der Waals surface area contributed by atoms with Gasteiger partial charge in [0.05, 0.1) is 5.56 Å². The van der Waals surface area contributed by atoms with Gasteiger partial charge < -0.3 is 10.1 Å². The maximum absolute atomic E-state index is 12.8. The molecule has 1 saturated carbocycles. The third kappa shape index (κ3) is 6.46. The normalized spacial score (nSPS) is 23.4. The van der Waals surface area contributed by atoms with Crippen molar-refractivity contribution in [3.05, 3.63) is 77.9 Å². The van der Waals surface area contributed by atoms with Gasteiger partial charge in [0.15, 0.2) is 0 Å². The number of hydrogen-bond acceptors (Lipinski definition) is 4. The molecule has 0 aromatic heterocycles. The second-order valence-corrected chi connectivity index (χ2v) is 10.0. The van der Waals surface area contributed by atoms with Gasteiger partial charge in [-0.2, -0.15) is 13.2 Å². The Kier molecular flexibility index (Phi) is 8.27. The van der Waals surface area contributed by atoms with E-state index in [2.05, 4.69) is 34.7 Å². The van der Waals surface area contributed by atoms with Crippen LogP contribution in [-0.4, -0.2) is 42.5 Å².